The van der Waals surface area contributed by atoms with Crippen LogP contribution < -0.4 is 10.6 Å². The van der Waals surface area contributed by atoms with Crippen LogP contribution in [0, 0.1) is 11.3 Å². The van der Waals surface area contributed by atoms with Crippen molar-refractivity contribution < 1.29 is 4.79 Å². The van der Waals surface area contributed by atoms with Gasteiger partial charge in [-0.2, -0.15) is 11.8 Å². The lowest BCUT2D eigenvalue weighted by atomic mass is 9.82. The highest BCUT2D eigenvalue weighted by molar-refractivity contribution is 7.99. The van der Waals surface area contributed by atoms with Crippen LogP contribution in [0.4, 0.5) is 0 Å². The standard InChI is InChI=1S/C13H24N2OS/c1-13(5-2-6-14-10-13)12(16)15-9-11-3-7-17-8-4-11/h11,14H,2-10H2,1H3,(H,15,16). The molecule has 0 saturated carbocycles. The first-order chi connectivity index (χ1) is 8.21. The molecule has 2 aliphatic heterocycles. The second kappa shape index (κ2) is 6.10. The minimum Gasteiger partial charge on any atom is -0.355 e. The molecule has 1 amide bonds. The molecule has 0 radical (unpaired) electrons. The van der Waals surface area contributed by atoms with E-state index in [1.807, 2.05) is 11.8 Å². The van der Waals surface area contributed by atoms with Gasteiger partial charge in [-0.25, -0.2) is 0 Å². The van der Waals surface area contributed by atoms with Crippen LogP contribution >= 0.6 is 11.8 Å². The third kappa shape index (κ3) is 3.62. The van der Waals surface area contributed by atoms with Gasteiger partial charge in [0.15, 0.2) is 0 Å². The van der Waals surface area contributed by atoms with Crippen molar-refractivity contribution in [2.24, 2.45) is 11.3 Å². The van der Waals surface area contributed by atoms with Crippen LogP contribution in [0.2, 0.25) is 0 Å². The summed E-state index contributed by atoms with van der Waals surface area (Å²) in [5.41, 5.74) is -0.179. The summed E-state index contributed by atoms with van der Waals surface area (Å²) in [6.07, 6.45) is 4.66. The summed E-state index contributed by atoms with van der Waals surface area (Å²) in [5.74, 6) is 3.49. The van der Waals surface area contributed by atoms with Gasteiger partial charge in [0.05, 0.1) is 5.41 Å². The van der Waals surface area contributed by atoms with E-state index in [-0.39, 0.29) is 11.3 Å². The van der Waals surface area contributed by atoms with Gasteiger partial charge >= 0.3 is 0 Å². The van der Waals surface area contributed by atoms with Crippen LogP contribution in [0.1, 0.15) is 32.6 Å². The number of thioether (sulfide) groups is 1. The van der Waals surface area contributed by atoms with Crippen molar-refractivity contribution in [1.29, 1.82) is 0 Å². The molecule has 3 nitrogen and oxygen atoms in total. The molecule has 0 aliphatic carbocycles. The first kappa shape index (κ1) is 13.2. The van der Waals surface area contributed by atoms with Crippen LogP contribution in [-0.4, -0.2) is 37.0 Å². The molecule has 2 aliphatic rings. The van der Waals surface area contributed by atoms with Crippen molar-refractivity contribution in [2.45, 2.75) is 32.6 Å². The first-order valence-corrected chi connectivity index (χ1v) is 7.93. The molecule has 1 unspecified atom stereocenters. The third-order valence-electron chi connectivity index (χ3n) is 4.04. The smallest absolute Gasteiger partial charge is 0.227 e. The summed E-state index contributed by atoms with van der Waals surface area (Å²) in [5, 5.41) is 6.50. The Hall–Kier alpha value is -0.220. The molecule has 4 heteroatoms. The van der Waals surface area contributed by atoms with E-state index in [1.165, 1.54) is 24.3 Å². The normalized spacial score (nSPS) is 31.1. The van der Waals surface area contributed by atoms with Gasteiger partial charge in [-0.1, -0.05) is 0 Å². The molecule has 0 aromatic rings. The predicted molar refractivity (Wildman–Crippen MR) is 73.3 cm³/mol. The highest BCUT2D eigenvalue weighted by atomic mass is 32.2. The van der Waals surface area contributed by atoms with Crippen molar-refractivity contribution in [3.8, 4) is 0 Å². The van der Waals surface area contributed by atoms with Crippen molar-refractivity contribution in [2.75, 3.05) is 31.1 Å². The monoisotopic (exact) mass is 256 g/mol. The van der Waals surface area contributed by atoms with Crippen molar-refractivity contribution >= 4 is 17.7 Å². The van der Waals surface area contributed by atoms with Crippen molar-refractivity contribution in [3.05, 3.63) is 0 Å². The predicted octanol–water partition coefficient (Wildman–Crippen LogP) is 1.64. The van der Waals surface area contributed by atoms with Gasteiger partial charge in [-0.15, -0.1) is 0 Å². The zero-order valence-corrected chi connectivity index (χ0v) is 11.6. The number of amides is 1. The lowest BCUT2D eigenvalue weighted by molar-refractivity contribution is -0.131. The summed E-state index contributed by atoms with van der Waals surface area (Å²) in [6, 6.07) is 0. The lowest BCUT2D eigenvalue weighted by Crippen LogP contribution is -2.49. The number of rotatable bonds is 3. The molecular formula is C13H24N2OS. The maximum absolute atomic E-state index is 12.2. The van der Waals surface area contributed by atoms with Gasteiger partial charge in [0.25, 0.3) is 0 Å². The Labute approximate surface area is 108 Å². The Balaban J connectivity index is 1.75. The van der Waals surface area contributed by atoms with Gasteiger partial charge < -0.3 is 10.6 Å². The van der Waals surface area contributed by atoms with E-state index in [2.05, 4.69) is 17.6 Å². The van der Waals surface area contributed by atoms with Crippen molar-refractivity contribution in [3.63, 3.8) is 0 Å². The van der Waals surface area contributed by atoms with Crippen LogP contribution in [0.15, 0.2) is 0 Å². The van der Waals surface area contributed by atoms with E-state index in [4.69, 9.17) is 0 Å². The zero-order valence-electron chi connectivity index (χ0n) is 10.8. The maximum Gasteiger partial charge on any atom is 0.227 e. The second-order valence-corrected chi connectivity index (χ2v) is 6.83. The van der Waals surface area contributed by atoms with Crippen LogP contribution in [0.3, 0.4) is 0 Å². The van der Waals surface area contributed by atoms with Gasteiger partial charge in [0, 0.05) is 13.1 Å². The number of carbonyl (C=O) groups excluding carboxylic acids is 1. The highest BCUT2D eigenvalue weighted by Crippen LogP contribution is 2.26. The summed E-state index contributed by atoms with van der Waals surface area (Å²) in [7, 11) is 0. The minimum atomic E-state index is -0.179. The average molecular weight is 256 g/mol. The largest absolute Gasteiger partial charge is 0.355 e. The SMILES string of the molecule is CC1(C(=O)NCC2CCSCC2)CCCNC1. The summed E-state index contributed by atoms with van der Waals surface area (Å²) < 4.78 is 0. The molecule has 0 aromatic heterocycles. The molecule has 2 saturated heterocycles. The van der Waals surface area contributed by atoms with Crippen LogP contribution in [0.5, 0.6) is 0 Å². The number of piperidine rings is 1. The molecule has 98 valence electrons. The third-order valence-corrected chi connectivity index (χ3v) is 5.09. The quantitative estimate of drug-likeness (QED) is 0.806. The molecule has 2 N–H and O–H groups in total. The number of nitrogens with one attached hydrogen (secondary N) is 2. The van der Waals surface area contributed by atoms with E-state index >= 15 is 0 Å². The number of hydrogen-bond acceptors (Lipinski definition) is 3. The fraction of sp³-hybridized carbons (Fsp3) is 0.923. The van der Waals surface area contributed by atoms with Crippen molar-refractivity contribution in [1.82, 2.24) is 10.6 Å². The lowest BCUT2D eigenvalue weighted by Gasteiger charge is -2.33. The molecular weight excluding hydrogens is 232 g/mol. The minimum absolute atomic E-state index is 0.179. The Morgan fingerprint density at radius 1 is 1.47 bits per heavy atom. The van der Waals surface area contributed by atoms with E-state index in [0.29, 0.717) is 5.92 Å². The fourth-order valence-electron chi connectivity index (χ4n) is 2.65. The number of hydrogen-bond donors (Lipinski definition) is 2. The molecule has 0 bridgehead atoms. The van der Waals surface area contributed by atoms with Gasteiger partial charge in [-0.05, 0) is 56.6 Å². The van der Waals surface area contributed by atoms with E-state index in [0.717, 1.165) is 32.5 Å². The Bertz CT molecular complexity index is 258. The van der Waals surface area contributed by atoms with Gasteiger partial charge in [0.2, 0.25) is 5.91 Å². The molecule has 1 atom stereocenters. The van der Waals surface area contributed by atoms with Gasteiger partial charge in [-0.3, -0.25) is 4.79 Å². The summed E-state index contributed by atoms with van der Waals surface area (Å²) in [6.45, 7) is 4.86. The Morgan fingerprint density at radius 3 is 2.88 bits per heavy atom. The molecule has 17 heavy (non-hydrogen) atoms. The molecule has 2 rings (SSSR count). The van der Waals surface area contributed by atoms with Crippen LogP contribution in [-0.2, 0) is 4.79 Å². The molecule has 0 spiro atoms. The summed E-state index contributed by atoms with van der Waals surface area (Å²) in [4.78, 5) is 12.2. The summed E-state index contributed by atoms with van der Waals surface area (Å²) >= 11 is 2.04. The first-order valence-electron chi connectivity index (χ1n) is 6.77. The Morgan fingerprint density at radius 2 is 2.24 bits per heavy atom. The topological polar surface area (TPSA) is 41.1 Å². The highest BCUT2D eigenvalue weighted by Gasteiger charge is 2.34. The zero-order chi connectivity index (χ0) is 12.1. The van der Waals surface area contributed by atoms with E-state index < -0.39 is 0 Å². The van der Waals surface area contributed by atoms with Gasteiger partial charge in [0.1, 0.15) is 0 Å². The molecule has 2 heterocycles. The molecule has 2 fully saturated rings. The average Bonchev–Trinajstić information content (AvgIpc) is 2.38. The second-order valence-electron chi connectivity index (χ2n) is 5.61. The molecule has 0 aromatic carbocycles. The Kier molecular flexibility index (Phi) is 4.74. The van der Waals surface area contributed by atoms with Crippen LogP contribution in [0.25, 0.3) is 0 Å². The van der Waals surface area contributed by atoms with E-state index in [9.17, 15) is 4.79 Å². The number of carbonyl (C=O) groups is 1. The maximum atomic E-state index is 12.2. The fourth-order valence-corrected chi connectivity index (χ4v) is 3.86. The van der Waals surface area contributed by atoms with E-state index in [1.54, 1.807) is 0 Å².